The number of anilines is 1. The van der Waals surface area contributed by atoms with E-state index in [4.69, 9.17) is 4.74 Å². The summed E-state index contributed by atoms with van der Waals surface area (Å²) >= 11 is 1.12. The van der Waals surface area contributed by atoms with Crippen LogP contribution in [0.5, 0.6) is 0 Å². The van der Waals surface area contributed by atoms with E-state index >= 15 is 0 Å². The van der Waals surface area contributed by atoms with Crippen molar-refractivity contribution in [1.82, 2.24) is 9.59 Å². The Kier molecular flexibility index (Phi) is 6.47. The highest BCUT2D eigenvalue weighted by atomic mass is 32.1. The molecule has 0 radical (unpaired) electrons. The van der Waals surface area contributed by atoms with E-state index < -0.39 is 11.5 Å². The summed E-state index contributed by atoms with van der Waals surface area (Å²) in [4.78, 5) is 24.9. The van der Waals surface area contributed by atoms with E-state index in [9.17, 15) is 9.59 Å². The quantitative estimate of drug-likeness (QED) is 0.767. The Labute approximate surface area is 158 Å². The minimum atomic E-state index is -0.572. The molecule has 0 saturated carbocycles. The van der Waals surface area contributed by atoms with Gasteiger partial charge in [-0.05, 0) is 26.7 Å². The highest BCUT2D eigenvalue weighted by Gasteiger charge is 2.29. The maximum absolute atomic E-state index is 12.8. The predicted molar refractivity (Wildman–Crippen MR) is 103 cm³/mol. The van der Waals surface area contributed by atoms with Gasteiger partial charge in [-0.25, -0.2) is 0 Å². The average Bonchev–Trinajstić information content (AvgIpc) is 2.99. The molecule has 0 saturated heterocycles. The van der Waals surface area contributed by atoms with Crippen molar-refractivity contribution in [2.24, 2.45) is 11.8 Å². The topological polar surface area (TPSA) is 81.2 Å². The van der Waals surface area contributed by atoms with Crippen LogP contribution in [0.3, 0.4) is 0 Å². The van der Waals surface area contributed by atoms with Crippen LogP contribution in [-0.2, 0) is 14.3 Å². The second-order valence-electron chi connectivity index (χ2n) is 7.45. The zero-order valence-electron chi connectivity index (χ0n) is 15.8. The molecule has 1 N–H and O–H groups in total. The van der Waals surface area contributed by atoms with E-state index in [1.165, 1.54) is 0 Å². The Hall–Kier alpha value is -2.28. The van der Waals surface area contributed by atoms with E-state index in [1.54, 1.807) is 0 Å². The standard InChI is InChI=1S/C19H25N3O3S/c1-12(2)14(11-15(23)25-19(3,4)5)17(24)20-18-16(21-22-26-18)13-9-7-6-8-10-13/h6-10,12,14H,11H2,1-5H3,(H,20,24)/t14-/m0/s1. The molecule has 1 aromatic carbocycles. The molecule has 1 aromatic heterocycles. The molecule has 7 heteroatoms. The lowest BCUT2D eigenvalue weighted by Crippen LogP contribution is -2.32. The molecule has 0 aliphatic carbocycles. The smallest absolute Gasteiger partial charge is 0.307 e. The summed E-state index contributed by atoms with van der Waals surface area (Å²) in [6.07, 6.45) is 0.0354. The van der Waals surface area contributed by atoms with E-state index in [0.717, 1.165) is 17.1 Å². The second-order valence-corrected chi connectivity index (χ2v) is 8.20. The van der Waals surface area contributed by atoms with Crippen LogP contribution < -0.4 is 5.32 Å². The fourth-order valence-electron chi connectivity index (χ4n) is 2.46. The van der Waals surface area contributed by atoms with Gasteiger partial charge in [0, 0.05) is 17.1 Å². The van der Waals surface area contributed by atoms with Gasteiger partial charge < -0.3 is 10.1 Å². The third-order valence-electron chi connectivity index (χ3n) is 3.72. The highest BCUT2D eigenvalue weighted by Crippen LogP contribution is 2.30. The van der Waals surface area contributed by atoms with Crippen molar-refractivity contribution in [2.75, 3.05) is 5.32 Å². The number of carbonyl (C=O) groups excluding carboxylic acids is 2. The minimum Gasteiger partial charge on any atom is -0.460 e. The number of esters is 1. The Bertz CT molecular complexity index is 751. The third kappa shape index (κ3) is 5.62. The van der Waals surface area contributed by atoms with Crippen molar-refractivity contribution in [1.29, 1.82) is 0 Å². The van der Waals surface area contributed by atoms with Crippen molar-refractivity contribution in [2.45, 2.75) is 46.6 Å². The number of aromatic nitrogens is 2. The fourth-order valence-corrected chi connectivity index (χ4v) is 3.05. The molecule has 2 rings (SSSR count). The van der Waals surface area contributed by atoms with Crippen molar-refractivity contribution < 1.29 is 14.3 Å². The van der Waals surface area contributed by atoms with E-state index in [2.05, 4.69) is 14.9 Å². The first-order valence-corrected chi connectivity index (χ1v) is 9.35. The van der Waals surface area contributed by atoms with Crippen LogP contribution >= 0.6 is 11.5 Å². The molecule has 0 unspecified atom stereocenters. The Morgan fingerprint density at radius 3 is 2.42 bits per heavy atom. The molecule has 1 atom stereocenters. The molecule has 0 bridgehead atoms. The van der Waals surface area contributed by atoms with Gasteiger partial charge in [0.05, 0.1) is 12.3 Å². The first-order chi connectivity index (χ1) is 12.2. The molecular formula is C19H25N3O3S. The highest BCUT2D eigenvalue weighted by molar-refractivity contribution is 7.10. The zero-order chi connectivity index (χ0) is 19.3. The second kappa shape index (κ2) is 8.40. The van der Waals surface area contributed by atoms with Crippen LogP contribution in [0, 0.1) is 11.8 Å². The Morgan fingerprint density at radius 2 is 1.85 bits per heavy atom. The molecule has 1 amide bonds. The minimum absolute atomic E-state index is 0.0106. The fraction of sp³-hybridized carbons (Fsp3) is 0.474. The summed E-state index contributed by atoms with van der Waals surface area (Å²) in [6.45, 7) is 9.26. The van der Waals surface area contributed by atoms with Crippen LogP contribution in [0.4, 0.5) is 5.00 Å². The molecule has 2 aromatic rings. The number of benzene rings is 1. The number of nitrogens with one attached hydrogen (secondary N) is 1. The van der Waals surface area contributed by atoms with E-state index in [0.29, 0.717) is 10.7 Å². The lowest BCUT2D eigenvalue weighted by molar-refractivity contribution is -0.157. The molecule has 26 heavy (non-hydrogen) atoms. The largest absolute Gasteiger partial charge is 0.460 e. The van der Waals surface area contributed by atoms with Crippen LogP contribution in [-0.4, -0.2) is 27.1 Å². The maximum atomic E-state index is 12.8. The molecule has 1 heterocycles. The van der Waals surface area contributed by atoms with E-state index in [1.807, 2.05) is 65.0 Å². The number of carbonyl (C=O) groups is 2. The number of ether oxygens (including phenoxy) is 1. The summed E-state index contributed by atoms with van der Waals surface area (Å²) in [5.74, 6) is -1.11. The van der Waals surface area contributed by atoms with Crippen LogP contribution in [0.2, 0.25) is 0 Å². The van der Waals surface area contributed by atoms with Crippen LogP contribution in [0.15, 0.2) is 30.3 Å². The van der Waals surface area contributed by atoms with Crippen molar-refractivity contribution in [3.8, 4) is 11.3 Å². The maximum Gasteiger partial charge on any atom is 0.307 e. The summed E-state index contributed by atoms with van der Waals surface area (Å²) < 4.78 is 9.31. The van der Waals surface area contributed by atoms with Gasteiger partial charge in [-0.15, -0.1) is 5.10 Å². The van der Waals surface area contributed by atoms with Crippen molar-refractivity contribution >= 4 is 28.4 Å². The molecule has 6 nitrogen and oxygen atoms in total. The molecular weight excluding hydrogens is 350 g/mol. The zero-order valence-corrected chi connectivity index (χ0v) is 16.6. The van der Waals surface area contributed by atoms with E-state index in [-0.39, 0.29) is 24.2 Å². The van der Waals surface area contributed by atoms with Gasteiger partial charge in [-0.3, -0.25) is 9.59 Å². The van der Waals surface area contributed by atoms with Crippen molar-refractivity contribution in [3.05, 3.63) is 30.3 Å². The molecule has 140 valence electrons. The van der Waals surface area contributed by atoms with Gasteiger partial charge in [0.1, 0.15) is 16.3 Å². The number of hydrogen-bond acceptors (Lipinski definition) is 6. The van der Waals surface area contributed by atoms with Crippen LogP contribution in [0.25, 0.3) is 11.3 Å². The average molecular weight is 375 g/mol. The van der Waals surface area contributed by atoms with Gasteiger partial charge >= 0.3 is 5.97 Å². The van der Waals surface area contributed by atoms with Crippen molar-refractivity contribution in [3.63, 3.8) is 0 Å². The predicted octanol–water partition coefficient (Wildman–Crippen LogP) is 4.15. The summed E-state index contributed by atoms with van der Waals surface area (Å²) in [7, 11) is 0. The van der Waals surface area contributed by atoms with Gasteiger partial charge in [0.15, 0.2) is 0 Å². The van der Waals surface area contributed by atoms with Crippen LogP contribution in [0.1, 0.15) is 41.0 Å². The molecule has 0 fully saturated rings. The first kappa shape index (κ1) is 20.0. The van der Waals surface area contributed by atoms with Gasteiger partial charge in [0.25, 0.3) is 0 Å². The van der Waals surface area contributed by atoms with Gasteiger partial charge in [0.2, 0.25) is 5.91 Å². The number of amides is 1. The molecule has 0 aliphatic rings. The number of hydrogen-bond donors (Lipinski definition) is 1. The summed E-state index contributed by atoms with van der Waals surface area (Å²) in [5, 5.41) is 7.58. The molecule has 0 spiro atoms. The summed E-state index contributed by atoms with van der Waals surface area (Å²) in [6, 6.07) is 9.54. The summed E-state index contributed by atoms with van der Waals surface area (Å²) in [5.41, 5.74) is 0.936. The SMILES string of the molecule is CC(C)[C@H](CC(=O)OC(C)(C)C)C(=O)Nc1snnc1-c1ccccc1. The lowest BCUT2D eigenvalue weighted by atomic mass is 9.91. The Balaban J connectivity index is 2.12. The first-order valence-electron chi connectivity index (χ1n) is 8.58. The third-order valence-corrected chi connectivity index (χ3v) is 4.36. The van der Waals surface area contributed by atoms with Gasteiger partial charge in [-0.1, -0.05) is 48.7 Å². The molecule has 0 aliphatic heterocycles. The monoisotopic (exact) mass is 375 g/mol. The Morgan fingerprint density at radius 1 is 1.19 bits per heavy atom. The normalized spacial score (nSPS) is 12.7. The number of rotatable bonds is 6. The van der Waals surface area contributed by atoms with Gasteiger partial charge in [-0.2, -0.15) is 0 Å². The number of nitrogens with zero attached hydrogens (tertiary/aromatic N) is 2. The lowest BCUT2D eigenvalue weighted by Gasteiger charge is -2.23.